The molecular formula is C29H40ClN3O4S. The zero-order chi connectivity index (χ0) is 27.7. The topological polar surface area (TPSA) is 86.8 Å². The van der Waals surface area contributed by atoms with Gasteiger partial charge in [0.15, 0.2) is 0 Å². The Morgan fingerprint density at radius 2 is 1.71 bits per heavy atom. The molecule has 9 heteroatoms. The molecule has 2 amide bonds. The van der Waals surface area contributed by atoms with Crippen LogP contribution in [0.5, 0.6) is 0 Å². The highest BCUT2D eigenvalue weighted by Gasteiger charge is 2.30. The van der Waals surface area contributed by atoms with Gasteiger partial charge >= 0.3 is 0 Å². The van der Waals surface area contributed by atoms with E-state index in [4.69, 9.17) is 11.6 Å². The van der Waals surface area contributed by atoms with Crippen LogP contribution < -0.4 is 9.62 Å². The van der Waals surface area contributed by atoms with Gasteiger partial charge in [-0.05, 0) is 68.0 Å². The van der Waals surface area contributed by atoms with E-state index in [2.05, 4.69) is 5.32 Å². The van der Waals surface area contributed by atoms with Crippen molar-refractivity contribution < 1.29 is 18.0 Å². The number of anilines is 1. The lowest BCUT2D eigenvalue weighted by molar-refractivity contribution is -0.141. The molecule has 38 heavy (non-hydrogen) atoms. The summed E-state index contributed by atoms with van der Waals surface area (Å²) in [7, 11) is -3.55. The summed E-state index contributed by atoms with van der Waals surface area (Å²) in [6.07, 6.45) is 7.45. The minimum Gasteiger partial charge on any atom is -0.352 e. The summed E-state index contributed by atoms with van der Waals surface area (Å²) in [5.41, 5.74) is 2.54. The molecule has 0 radical (unpaired) electrons. The molecule has 1 saturated carbocycles. The summed E-state index contributed by atoms with van der Waals surface area (Å²) in [4.78, 5) is 28.7. The van der Waals surface area contributed by atoms with E-state index >= 15 is 0 Å². The number of benzene rings is 2. The van der Waals surface area contributed by atoms with E-state index in [1.807, 2.05) is 38.1 Å². The number of nitrogens with zero attached hydrogens (tertiary/aromatic N) is 2. The molecule has 208 valence electrons. The number of aryl methyl sites for hydroxylation is 1. The Hall–Kier alpha value is -2.58. The number of amides is 2. The molecule has 0 aromatic heterocycles. The van der Waals surface area contributed by atoms with Crippen LogP contribution in [0.1, 0.15) is 69.4 Å². The summed E-state index contributed by atoms with van der Waals surface area (Å²) < 4.78 is 26.3. The highest BCUT2D eigenvalue weighted by atomic mass is 35.5. The minimum absolute atomic E-state index is 0.111. The van der Waals surface area contributed by atoms with E-state index in [0.29, 0.717) is 30.1 Å². The van der Waals surface area contributed by atoms with Crippen LogP contribution in [0.25, 0.3) is 0 Å². The third kappa shape index (κ3) is 8.46. The van der Waals surface area contributed by atoms with Gasteiger partial charge in [-0.25, -0.2) is 8.42 Å². The maximum Gasteiger partial charge on any atom is 0.243 e. The Bertz CT molecular complexity index is 1180. The standard InChI is InChI=1S/C29H40ClN3O4S/c1-4-27(29(35)31-25-13-6-5-7-14-25)32(21-23-12-9-8-11-22(23)2)28(34)15-10-20-33(38(3,36)37)26-18-16-24(30)17-19-26/h8-9,11-12,16-19,25,27H,4-7,10,13-15,20-21H2,1-3H3,(H,31,35)/t27-/m1/s1. The van der Waals surface area contributed by atoms with Crippen LogP contribution in [0.2, 0.25) is 5.02 Å². The fourth-order valence-electron chi connectivity index (χ4n) is 5.05. The first-order chi connectivity index (χ1) is 18.1. The number of rotatable bonds is 12. The first-order valence-electron chi connectivity index (χ1n) is 13.5. The van der Waals surface area contributed by atoms with Gasteiger partial charge in [0.1, 0.15) is 6.04 Å². The number of carbonyl (C=O) groups excluding carboxylic acids is 2. The molecule has 3 rings (SSSR count). The Morgan fingerprint density at radius 1 is 1.05 bits per heavy atom. The SMILES string of the molecule is CC[C@H](C(=O)NC1CCCCC1)N(Cc1ccccc1C)C(=O)CCCN(c1ccc(Cl)cc1)S(C)(=O)=O. The predicted octanol–water partition coefficient (Wildman–Crippen LogP) is 5.45. The van der Waals surface area contributed by atoms with Crippen molar-refractivity contribution in [2.24, 2.45) is 0 Å². The summed E-state index contributed by atoms with van der Waals surface area (Å²) in [5.74, 6) is -0.274. The third-order valence-corrected chi connectivity index (χ3v) is 8.65. The Kier molecular flexibility index (Phi) is 11.0. The molecule has 0 bridgehead atoms. The molecule has 2 aromatic carbocycles. The van der Waals surface area contributed by atoms with Gasteiger partial charge in [-0.3, -0.25) is 13.9 Å². The van der Waals surface area contributed by atoms with Gasteiger partial charge in [-0.1, -0.05) is 62.1 Å². The van der Waals surface area contributed by atoms with Gasteiger partial charge in [0.25, 0.3) is 0 Å². The number of halogens is 1. The minimum atomic E-state index is -3.55. The smallest absolute Gasteiger partial charge is 0.243 e. The lowest BCUT2D eigenvalue weighted by atomic mass is 9.95. The molecule has 0 spiro atoms. The zero-order valence-corrected chi connectivity index (χ0v) is 24.2. The Morgan fingerprint density at radius 3 is 2.32 bits per heavy atom. The van der Waals surface area contributed by atoms with E-state index in [0.717, 1.165) is 43.1 Å². The van der Waals surface area contributed by atoms with E-state index in [-0.39, 0.29) is 30.8 Å². The fourth-order valence-corrected chi connectivity index (χ4v) is 6.14. The van der Waals surface area contributed by atoms with Crippen molar-refractivity contribution >= 4 is 39.1 Å². The van der Waals surface area contributed by atoms with Crippen LogP contribution in [0.15, 0.2) is 48.5 Å². The van der Waals surface area contributed by atoms with Crippen LogP contribution in [0.3, 0.4) is 0 Å². The normalized spacial score (nSPS) is 15.1. The molecule has 1 atom stereocenters. The van der Waals surface area contributed by atoms with Crippen molar-refractivity contribution in [3.8, 4) is 0 Å². The molecule has 1 aliphatic rings. The average Bonchev–Trinajstić information content (AvgIpc) is 2.88. The lowest BCUT2D eigenvalue weighted by Gasteiger charge is -2.33. The van der Waals surface area contributed by atoms with Gasteiger partial charge in [0, 0.05) is 30.6 Å². The molecule has 1 aliphatic carbocycles. The van der Waals surface area contributed by atoms with E-state index in [1.54, 1.807) is 29.2 Å². The van der Waals surface area contributed by atoms with E-state index < -0.39 is 16.1 Å². The second-order valence-corrected chi connectivity index (χ2v) is 12.5. The molecule has 7 nitrogen and oxygen atoms in total. The van der Waals surface area contributed by atoms with E-state index in [1.165, 1.54) is 10.7 Å². The quantitative estimate of drug-likeness (QED) is 0.373. The number of hydrogen-bond acceptors (Lipinski definition) is 4. The number of nitrogens with one attached hydrogen (secondary N) is 1. The average molecular weight is 562 g/mol. The number of carbonyl (C=O) groups is 2. The van der Waals surface area contributed by atoms with Gasteiger partial charge in [-0.15, -0.1) is 0 Å². The number of hydrogen-bond donors (Lipinski definition) is 1. The van der Waals surface area contributed by atoms with Gasteiger partial charge in [0.2, 0.25) is 21.8 Å². The summed E-state index contributed by atoms with van der Waals surface area (Å²) in [6, 6.07) is 14.0. The predicted molar refractivity (Wildman–Crippen MR) is 154 cm³/mol. The summed E-state index contributed by atoms with van der Waals surface area (Å²) >= 11 is 5.97. The Labute approximate surface area is 232 Å². The maximum absolute atomic E-state index is 13.6. The molecule has 1 N–H and O–H groups in total. The van der Waals surface area contributed by atoms with Crippen molar-refractivity contribution in [2.75, 3.05) is 17.1 Å². The fraction of sp³-hybridized carbons (Fsp3) is 0.517. The van der Waals surface area contributed by atoms with Crippen LogP contribution in [-0.4, -0.2) is 50.0 Å². The van der Waals surface area contributed by atoms with Crippen molar-refractivity contribution in [3.05, 3.63) is 64.7 Å². The first kappa shape index (κ1) is 30.0. The first-order valence-corrected chi connectivity index (χ1v) is 15.7. The molecule has 0 saturated heterocycles. The molecular weight excluding hydrogens is 522 g/mol. The lowest BCUT2D eigenvalue weighted by Crippen LogP contribution is -2.51. The van der Waals surface area contributed by atoms with Crippen LogP contribution in [0.4, 0.5) is 5.69 Å². The second-order valence-electron chi connectivity index (χ2n) is 10.1. The summed E-state index contributed by atoms with van der Waals surface area (Å²) in [5, 5.41) is 3.71. The second kappa shape index (κ2) is 14.0. The molecule has 2 aromatic rings. The van der Waals surface area contributed by atoms with Crippen molar-refractivity contribution in [2.45, 2.75) is 83.8 Å². The zero-order valence-electron chi connectivity index (χ0n) is 22.7. The van der Waals surface area contributed by atoms with E-state index in [9.17, 15) is 18.0 Å². The van der Waals surface area contributed by atoms with Gasteiger partial charge < -0.3 is 10.2 Å². The van der Waals surface area contributed by atoms with Crippen LogP contribution in [0, 0.1) is 6.92 Å². The maximum atomic E-state index is 13.6. The molecule has 0 heterocycles. The highest BCUT2D eigenvalue weighted by molar-refractivity contribution is 7.92. The Balaban J connectivity index is 1.76. The van der Waals surface area contributed by atoms with Crippen LogP contribution in [-0.2, 0) is 26.2 Å². The van der Waals surface area contributed by atoms with Crippen molar-refractivity contribution in [3.63, 3.8) is 0 Å². The van der Waals surface area contributed by atoms with Crippen LogP contribution >= 0.6 is 11.6 Å². The molecule has 0 unspecified atom stereocenters. The summed E-state index contributed by atoms with van der Waals surface area (Å²) in [6.45, 7) is 4.40. The highest BCUT2D eigenvalue weighted by Crippen LogP contribution is 2.23. The van der Waals surface area contributed by atoms with Crippen molar-refractivity contribution in [1.29, 1.82) is 0 Å². The van der Waals surface area contributed by atoms with Gasteiger partial charge in [0.05, 0.1) is 11.9 Å². The molecule has 0 aliphatic heterocycles. The third-order valence-electron chi connectivity index (χ3n) is 7.21. The van der Waals surface area contributed by atoms with Gasteiger partial charge in [-0.2, -0.15) is 0 Å². The number of sulfonamides is 1. The monoisotopic (exact) mass is 561 g/mol. The largest absolute Gasteiger partial charge is 0.352 e. The molecule has 1 fully saturated rings. The van der Waals surface area contributed by atoms with Crippen molar-refractivity contribution in [1.82, 2.24) is 10.2 Å².